The van der Waals surface area contributed by atoms with E-state index in [2.05, 4.69) is 19.1 Å². The van der Waals surface area contributed by atoms with Gasteiger partial charge in [0, 0.05) is 0 Å². The zero-order valence-electron chi connectivity index (χ0n) is 18.0. The quantitative estimate of drug-likeness (QED) is 0.414. The molecule has 162 valence electrons. The molecule has 0 amide bonds. The smallest absolute Gasteiger partial charge is 0.145 e. The second kappa shape index (κ2) is 9.81. The predicted molar refractivity (Wildman–Crippen MR) is 122 cm³/mol. The summed E-state index contributed by atoms with van der Waals surface area (Å²) in [5.41, 5.74) is 2.71. The molecule has 2 aliphatic rings. The van der Waals surface area contributed by atoms with E-state index in [1.807, 2.05) is 12.1 Å². The first-order valence-electron chi connectivity index (χ1n) is 11.7. The van der Waals surface area contributed by atoms with Crippen molar-refractivity contribution in [1.29, 1.82) is 0 Å². The van der Waals surface area contributed by atoms with E-state index >= 15 is 0 Å². The maximum Gasteiger partial charge on any atom is 0.145 e. The van der Waals surface area contributed by atoms with Crippen molar-refractivity contribution in [2.75, 3.05) is 0 Å². The van der Waals surface area contributed by atoms with E-state index in [1.165, 1.54) is 81.9 Å². The van der Waals surface area contributed by atoms with Crippen molar-refractivity contribution in [2.45, 2.75) is 77.0 Å². The summed E-state index contributed by atoms with van der Waals surface area (Å²) in [7, 11) is 0. The van der Waals surface area contributed by atoms with Crippen molar-refractivity contribution in [3.63, 3.8) is 0 Å². The molecule has 2 aliphatic carbocycles. The molecule has 0 heterocycles. The van der Waals surface area contributed by atoms with E-state index in [0.29, 0.717) is 11.5 Å². The topological polar surface area (TPSA) is 0 Å². The highest BCUT2D eigenvalue weighted by Crippen LogP contribution is 2.40. The van der Waals surface area contributed by atoms with Crippen LogP contribution >= 0.6 is 11.6 Å². The lowest BCUT2D eigenvalue weighted by molar-refractivity contribution is 0.237. The predicted octanol–water partition coefficient (Wildman–Crippen LogP) is 9.17. The van der Waals surface area contributed by atoms with Crippen molar-refractivity contribution < 1.29 is 8.78 Å². The molecule has 0 atom stereocenters. The molecular weight excluding hydrogens is 398 g/mol. The zero-order chi connectivity index (χ0) is 21.1. The second-order valence-electron chi connectivity index (χ2n) is 9.80. The van der Waals surface area contributed by atoms with Crippen LogP contribution in [0.4, 0.5) is 8.78 Å². The summed E-state index contributed by atoms with van der Waals surface area (Å²) in [4.78, 5) is 0. The van der Waals surface area contributed by atoms with E-state index in [9.17, 15) is 8.78 Å². The van der Waals surface area contributed by atoms with Gasteiger partial charge in [-0.2, -0.15) is 0 Å². The average Bonchev–Trinajstić information content (AvgIpc) is 2.77. The molecule has 0 spiro atoms. The van der Waals surface area contributed by atoms with E-state index < -0.39 is 16.7 Å². The van der Waals surface area contributed by atoms with Crippen LogP contribution in [0.25, 0.3) is 11.1 Å². The minimum atomic E-state index is -0.711. The maximum absolute atomic E-state index is 13.8. The molecule has 0 N–H and O–H groups in total. The van der Waals surface area contributed by atoms with Gasteiger partial charge in [0.05, 0.1) is 0 Å². The summed E-state index contributed by atoms with van der Waals surface area (Å²) in [6, 6.07) is 10.8. The molecule has 0 saturated heterocycles. The number of halogens is 3. The van der Waals surface area contributed by atoms with Crippen molar-refractivity contribution in [2.24, 2.45) is 17.8 Å². The molecule has 2 aromatic carbocycles. The van der Waals surface area contributed by atoms with Gasteiger partial charge in [0.15, 0.2) is 0 Å². The molecule has 4 rings (SSSR count). The van der Waals surface area contributed by atoms with Crippen LogP contribution in [0.15, 0.2) is 36.4 Å². The first kappa shape index (κ1) is 21.8. The minimum Gasteiger partial charge on any atom is -0.205 e. The fourth-order valence-corrected chi connectivity index (χ4v) is 5.65. The van der Waals surface area contributed by atoms with Crippen molar-refractivity contribution in [1.82, 2.24) is 0 Å². The van der Waals surface area contributed by atoms with Gasteiger partial charge in [0.2, 0.25) is 0 Å². The monoisotopic (exact) mass is 430 g/mol. The molecule has 0 unspecified atom stereocenters. The van der Waals surface area contributed by atoms with Crippen LogP contribution in [0.5, 0.6) is 0 Å². The van der Waals surface area contributed by atoms with Crippen LogP contribution in [0.1, 0.15) is 82.6 Å². The fourth-order valence-electron chi connectivity index (χ4n) is 5.54. The molecule has 0 aromatic heterocycles. The normalized spacial score (nSPS) is 27.2. The Morgan fingerprint density at radius 3 is 1.77 bits per heavy atom. The van der Waals surface area contributed by atoms with Gasteiger partial charge in [0.25, 0.3) is 0 Å². The third kappa shape index (κ3) is 5.25. The third-order valence-corrected chi connectivity index (χ3v) is 8.03. The van der Waals surface area contributed by atoms with Gasteiger partial charge in [0.1, 0.15) is 16.7 Å². The Morgan fingerprint density at radius 2 is 1.23 bits per heavy atom. The summed E-state index contributed by atoms with van der Waals surface area (Å²) in [5, 5.41) is -0.440. The summed E-state index contributed by atoms with van der Waals surface area (Å²) in [6.07, 6.45) is 13.8. The fraction of sp³-hybridized carbons (Fsp3) is 0.556. The first-order chi connectivity index (χ1) is 14.5. The van der Waals surface area contributed by atoms with Crippen molar-refractivity contribution in [3.8, 4) is 11.1 Å². The van der Waals surface area contributed by atoms with E-state index in [4.69, 9.17) is 11.6 Å². The third-order valence-electron chi connectivity index (χ3n) is 7.66. The van der Waals surface area contributed by atoms with Gasteiger partial charge < -0.3 is 0 Å². The summed E-state index contributed by atoms with van der Waals surface area (Å²) in [5.74, 6) is 2.02. The largest absolute Gasteiger partial charge is 0.205 e. The van der Waals surface area contributed by atoms with E-state index in [-0.39, 0.29) is 0 Å². The Balaban J connectivity index is 1.29. The molecule has 0 radical (unpaired) electrons. The molecule has 2 saturated carbocycles. The van der Waals surface area contributed by atoms with Crippen LogP contribution < -0.4 is 0 Å². The SMILES string of the molecule is CC1CCC(CCC2CCC(c3ccc(-c4cc(F)c(Cl)c(F)c4)cc3)CC2)CC1. The lowest BCUT2D eigenvalue weighted by Crippen LogP contribution is -2.17. The molecular formula is C27H33ClF2. The van der Waals surface area contributed by atoms with Gasteiger partial charge >= 0.3 is 0 Å². The average molecular weight is 431 g/mol. The summed E-state index contributed by atoms with van der Waals surface area (Å²) >= 11 is 5.60. The molecule has 0 aliphatic heterocycles. The highest BCUT2D eigenvalue weighted by Gasteiger charge is 2.24. The Hall–Kier alpha value is -1.41. The Kier molecular flexibility index (Phi) is 7.13. The summed E-state index contributed by atoms with van der Waals surface area (Å²) in [6.45, 7) is 2.40. The number of benzene rings is 2. The Bertz CT molecular complexity index is 805. The maximum atomic E-state index is 13.8. The Labute approximate surface area is 185 Å². The molecule has 30 heavy (non-hydrogen) atoms. The van der Waals surface area contributed by atoms with Crippen LogP contribution in [0.3, 0.4) is 0 Å². The molecule has 3 heteroatoms. The van der Waals surface area contributed by atoms with Gasteiger partial charge in [-0.25, -0.2) is 8.78 Å². The van der Waals surface area contributed by atoms with Crippen LogP contribution in [-0.2, 0) is 0 Å². The standard InChI is InChI=1S/C27H33ClF2/c1-18-2-4-19(5-3-18)6-7-20-8-10-21(11-9-20)22-12-14-23(15-13-22)24-16-25(29)27(28)26(30)17-24/h12-21H,2-11H2,1H3. The van der Waals surface area contributed by atoms with Crippen LogP contribution in [0.2, 0.25) is 5.02 Å². The summed E-state index contributed by atoms with van der Waals surface area (Å²) < 4.78 is 27.5. The minimum absolute atomic E-state index is 0.440. The highest BCUT2D eigenvalue weighted by molar-refractivity contribution is 6.31. The van der Waals surface area contributed by atoms with Gasteiger partial charge in [-0.05, 0) is 78.2 Å². The second-order valence-corrected chi connectivity index (χ2v) is 10.2. The zero-order valence-corrected chi connectivity index (χ0v) is 18.7. The Morgan fingerprint density at radius 1 is 0.733 bits per heavy atom. The first-order valence-corrected chi connectivity index (χ1v) is 12.1. The van der Waals surface area contributed by atoms with Gasteiger partial charge in [-0.15, -0.1) is 0 Å². The highest BCUT2D eigenvalue weighted by atomic mass is 35.5. The van der Waals surface area contributed by atoms with E-state index in [1.54, 1.807) is 0 Å². The van der Waals surface area contributed by atoms with Crippen molar-refractivity contribution in [3.05, 3.63) is 58.6 Å². The van der Waals surface area contributed by atoms with Crippen LogP contribution in [-0.4, -0.2) is 0 Å². The van der Waals surface area contributed by atoms with Gasteiger partial charge in [-0.1, -0.05) is 81.3 Å². The van der Waals surface area contributed by atoms with Gasteiger partial charge in [-0.3, -0.25) is 0 Å². The molecule has 0 bridgehead atoms. The number of rotatable bonds is 5. The molecule has 2 fully saturated rings. The van der Waals surface area contributed by atoms with Crippen molar-refractivity contribution >= 4 is 11.6 Å². The molecule has 0 nitrogen and oxygen atoms in total. The number of hydrogen-bond acceptors (Lipinski definition) is 0. The van der Waals surface area contributed by atoms with E-state index in [0.717, 1.165) is 23.3 Å². The van der Waals surface area contributed by atoms with Crippen LogP contribution in [0, 0.1) is 29.4 Å². The lowest BCUT2D eigenvalue weighted by Gasteiger charge is -2.31. The molecule has 2 aromatic rings. The lowest BCUT2D eigenvalue weighted by atomic mass is 9.74. The number of hydrogen-bond donors (Lipinski definition) is 0.